The van der Waals surface area contributed by atoms with E-state index >= 15 is 0 Å². The second-order valence-corrected chi connectivity index (χ2v) is 8.09. The fraction of sp³-hybridized carbons (Fsp3) is 0.524. The predicted octanol–water partition coefficient (Wildman–Crippen LogP) is 3.95. The van der Waals surface area contributed by atoms with Crippen LogP contribution in [0.25, 0.3) is 6.08 Å². The molecule has 1 fully saturated rings. The van der Waals surface area contributed by atoms with E-state index in [1.807, 2.05) is 38.1 Å². The summed E-state index contributed by atoms with van der Waals surface area (Å²) in [6.07, 6.45) is 4.18. The smallest absolute Gasteiger partial charge is 0.286 e. The monoisotopic (exact) mass is 404 g/mol. The normalized spacial score (nSPS) is 23.9. The van der Waals surface area contributed by atoms with Crippen LogP contribution in [0.15, 0.2) is 28.1 Å². The Morgan fingerprint density at radius 3 is 2.71 bits per heavy atom. The van der Waals surface area contributed by atoms with Gasteiger partial charge in [-0.25, -0.2) is 0 Å². The van der Waals surface area contributed by atoms with Crippen LogP contribution < -0.4 is 9.47 Å². The molecule has 28 heavy (non-hydrogen) atoms. The Hall–Kier alpha value is -1.99. The number of nitrogens with zero attached hydrogens (tertiary/aromatic N) is 2. The molecule has 1 aromatic carbocycles. The van der Waals surface area contributed by atoms with E-state index in [1.54, 1.807) is 7.11 Å². The molecule has 3 rings (SSSR count). The lowest BCUT2D eigenvalue weighted by atomic mass is 10.2. The first-order valence-electron chi connectivity index (χ1n) is 9.74. The number of hydrogen-bond acceptors (Lipinski definition) is 6. The van der Waals surface area contributed by atoms with Gasteiger partial charge in [0.15, 0.2) is 16.7 Å². The third-order valence-electron chi connectivity index (χ3n) is 4.54. The summed E-state index contributed by atoms with van der Waals surface area (Å²) in [5.74, 6) is 1.18. The van der Waals surface area contributed by atoms with E-state index in [-0.39, 0.29) is 18.1 Å². The lowest BCUT2D eigenvalue weighted by molar-refractivity contribution is -0.113. The molecule has 1 amide bonds. The lowest BCUT2D eigenvalue weighted by Crippen LogP contribution is -2.47. The van der Waals surface area contributed by atoms with Crippen molar-refractivity contribution in [3.8, 4) is 11.5 Å². The Bertz CT molecular complexity index is 768. The fourth-order valence-electron chi connectivity index (χ4n) is 3.24. The Kier molecular flexibility index (Phi) is 7.02. The van der Waals surface area contributed by atoms with E-state index in [0.29, 0.717) is 17.3 Å². The van der Waals surface area contributed by atoms with E-state index in [2.05, 4.69) is 16.8 Å². The first-order valence-corrected chi connectivity index (χ1v) is 10.6. The summed E-state index contributed by atoms with van der Waals surface area (Å²) < 4.78 is 17.0. The van der Waals surface area contributed by atoms with Crippen LogP contribution in [-0.4, -0.2) is 55.0 Å². The highest BCUT2D eigenvalue weighted by Crippen LogP contribution is 2.34. The summed E-state index contributed by atoms with van der Waals surface area (Å²) in [4.78, 5) is 19.4. The SMILES string of the molecule is CCCCOc1ccc(/C=C2/SC(N3C[C@@H](C)O[C@H](C)C3)=NC2=O)cc1OC. The summed E-state index contributed by atoms with van der Waals surface area (Å²) in [7, 11) is 1.62. The zero-order valence-electron chi connectivity index (χ0n) is 16.9. The van der Waals surface area contributed by atoms with E-state index in [9.17, 15) is 4.79 Å². The molecule has 7 heteroatoms. The molecule has 1 aromatic rings. The van der Waals surface area contributed by atoms with E-state index in [1.165, 1.54) is 11.8 Å². The number of rotatable bonds is 6. The van der Waals surface area contributed by atoms with Gasteiger partial charge in [0.05, 0.1) is 30.8 Å². The van der Waals surface area contributed by atoms with Gasteiger partial charge in [0.2, 0.25) is 0 Å². The number of methoxy groups -OCH3 is 1. The molecule has 2 atom stereocenters. The second kappa shape index (κ2) is 9.47. The maximum absolute atomic E-state index is 12.4. The number of amidine groups is 1. The van der Waals surface area contributed by atoms with Gasteiger partial charge in [-0.1, -0.05) is 19.4 Å². The quantitative estimate of drug-likeness (QED) is 0.528. The number of morpholine rings is 1. The van der Waals surface area contributed by atoms with Gasteiger partial charge in [0.25, 0.3) is 5.91 Å². The van der Waals surface area contributed by atoms with Crippen LogP contribution in [0.4, 0.5) is 0 Å². The zero-order chi connectivity index (χ0) is 20.1. The van der Waals surface area contributed by atoms with Crippen molar-refractivity contribution in [1.82, 2.24) is 4.90 Å². The van der Waals surface area contributed by atoms with E-state index in [4.69, 9.17) is 14.2 Å². The van der Waals surface area contributed by atoms with Crippen molar-refractivity contribution >= 4 is 28.9 Å². The van der Waals surface area contributed by atoms with E-state index < -0.39 is 0 Å². The van der Waals surface area contributed by atoms with Crippen molar-refractivity contribution < 1.29 is 19.0 Å². The van der Waals surface area contributed by atoms with Crippen LogP contribution in [0.5, 0.6) is 11.5 Å². The number of hydrogen-bond donors (Lipinski definition) is 0. The lowest BCUT2D eigenvalue weighted by Gasteiger charge is -2.35. The van der Waals surface area contributed by atoms with Crippen molar-refractivity contribution in [2.24, 2.45) is 4.99 Å². The van der Waals surface area contributed by atoms with Gasteiger partial charge in [-0.15, -0.1) is 0 Å². The number of benzene rings is 1. The van der Waals surface area contributed by atoms with Gasteiger partial charge in [-0.2, -0.15) is 4.99 Å². The summed E-state index contributed by atoms with van der Waals surface area (Å²) >= 11 is 1.42. The Labute approximate surface area is 170 Å². The number of thioether (sulfide) groups is 1. The van der Waals surface area contributed by atoms with Gasteiger partial charge in [0, 0.05) is 13.1 Å². The fourth-order valence-corrected chi connectivity index (χ4v) is 4.17. The summed E-state index contributed by atoms with van der Waals surface area (Å²) in [5, 5.41) is 0.754. The van der Waals surface area contributed by atoms with Crippen LogP contribution in [-0.2, 0) is 9.53 Å². The minimum absolute atomic E-state index is 0.125. The van der Waals surface area contributed by atoms with Crippen LogP contribution in [0.3, 0.4) is 0 Å². The molecule has 2 heterocycles. The van der Waals surface area contributed by atoms with Gasteiger partial charge in [0.1, 0.15) is 0 Å². The molecule has 0 saturated carbocycles. The molecule has 2 aliphatic heterocycles. The number of carbonyl (C=O) groups excluding carboxylic acids is 1. The third kappa shape index (κ3) is 5.08. The summed E-state index contributed by atoms with van der Waals surface area (Å²) in [6.45, 7) is 8.36. The number of aliphatic imine (C=N–C) groups is 1. The Balaban J connectivity index is 1.71. The average molecular weight is 405 g/mol. The van der Waals surface area contributed by atoms with Crippen LogP contribution in [0.1, 0.15) is 39.2 Å². The van der Waals surface area contributed by atoms with Gasteiger partial charge in [-0.05, 0) is 55.8 Å². The van der Waals surface area contributed by atoms with Crippen molar-refractivity contribution in [3.05, 3.63) is 28.7 Å². The molecule has 6 nitrogen and oxygen atoms in total. The number of amides is 1. The molecule has 0 unspecified atom stereocenters. The minimum Gasteiger partial charge on any atom is -0.493 e. The van der Waals surface area contributed by atoms with Crippen LogP contribution in [0.2, 0.25) is 0 Å². The van der Waals surface area contributed by atoms with E-state index in [0.717, 1.165) is 42.4 Å². The molecule has 0 N–H and O–H groups in total. The molecular weight excluding hydrogens is 376 g/mol. The molecule has 0 aromatic heterocycles. The van der Waals surface area contributed by atoms with Crippen molar-refractivity contribution in [1.29, 1.82) is 0 Å². The van der Waals surface area contributed by atoms with Gasteiger partial charge < -0.3 is 19.1 Å². The topological polar surface area (TPSA) is 60.4 Å². The molecule has 2 aliphatic rings. The predicted molar refractivity (Wildman–Crippen MR) is 113 cm³/mol. The highest BCUT2D eigenvalue weighted by atomic mass is 32.2. The van der Waals surface area contributed by atoms with Gasteiger partial charge in [-0.3, -0.25) is 4.79 Å². The highest BCUT2D eigenvalue weighted by molar-refractivity contribution is 8.18. The maximum atomic E-state index is 12.4. The molecule has 152 valence electrons. The standard InChI is InChI=1S/C21H28N2O4S/c1-5-6-9-26-17-8-7-16(10-18(17)25-4)11-19-20(24)22-21(28-19)23-12-14(2)27-15(3)13-23/h7-8,10-11,14-15H,5-6,9,12-13H2,1-4H3/b19-11+/t14-,15-/m1/s1. The number of carbonyl (C=O) groups is 1. The third-order valence-corrected chi connectivity index (χ3v) is 5.58. The molecule has 1 saturated heterocycles. The Morgan fingerprint density at radius 2 is 2.04 bits per heavy atom. The summed E-state index contributed by atoms with van der Waals surface area (Å²) in [6, 6.07) is 5.71. The average Bonchev–Trinajstić information content (AvgIpc) is 3.02. The van der Waals surface area contributed by atoms with Crippen LogP contribution in [0, 0.1) is 0 Å². The first kappa shape index (κ1) is 20.7. The number of ether oxygens (including phenoxy) is 3. The second-order valence-electron chi connectivity index (χ2n) is 7.08. The molecular formula is C21H28N2O4S. The van der Waals surface area contributed by atoms with Crippen molar-refractivity contribution in [3.63, 3.8) is 0 Å². The largest absolute Gasteiger partial charge is 0.493 e. The summed E-state index contributed by atoms with van der Waals surface area (Å²) in [5.41, 5.74) is 0.885. The molecule has 0 spiro atoms. The van der Waals surface area contributed by atoms with Crippen molar-refractivity contribution in [2.75, 3.05) is 26.8 Å². The highest BCUT2D eigenvalue weighted by Gasteiger charge is 2.31. The molecule has 0 radical (unpaired) electrons. The maximum Gasteiger partial charge on any atom is 0.286 e. The van der Waals surface area contributed by atoms with Gasteiger partial charge >= 0.3 is 0 Å². The molecule has 0 bridgehead atoms. The first-order chi connectivity index (χ1) is 13.5. The van der Waals surface area contributed by atoms with Crippen molar-refractivity contribution in [2.45, 2.75) is 45.8 Å². The Morgan fingerprint density at radius 1 is 1.29 bits per heavy atom. The minimum atomic E-state index is -0.200. The molecule has 0 aliphatic carbocycles. The zero-order valence-corrected chi connectivity index (χ0v) is 17.8. The number of unbranched alkanes of at least 4 members (excludes halogenated alkanes) is 1. The van der Waals surface area contributed by atoms with Crippen LogP contribution >= 0.6 is 11.8 Å².